The maximum Gasteiger partial charge on any atom is 0.330 e. The second kappa shape index (κ2) is 8.53. The highest BCUT2D eigenvalue weighted by atomic mass is 16.5. The Labute approximate surface area is 102 Å². The molecule has 3 nitrogen and oxygen atoms in total. The molecular weight excluding hydrogens is 214 g/mol. The number of nitrogens with one attached hydrogen (secondary N) is 1. The number of hydrogen-bond donors (Lipinski definition) is 1. The largest absolute Gasteiger partial charge is 0.461 e. The lowest BCUT2D eigenvalue weighted by Crippen LogP contribution is -2.22. The second-order valence-corrected chi connectivity index (χ2v) is 3.71. The number of ether oxygens (including phenoxy) is 1. The second-order valence-electron chi connectivity index (χ2n) is 3.71. The van der Waals surface area contributed by atoms with Gasteiger partial charge in [0, 0.05) is 12.6 Å². The zero-order valence-electron chi connectivity index (χ0n) is 10.0. The molecule has 0 saturated carbocycles. The van der Waals surface area contributed by atoms with E-state index in [-0.39, 0.29) is 5.97 Å². The molecule has 0 amide bonds. The number of rotatable bonds is 8. The first-order valence-corrected chi connectivity index (χ1v) is 5.87. The Morgan fingerprint density at radius 1 is 1.29 bits per heavy atom. The van der Waals surface area contributed by atoms with Gasteiger partial charge in [-0.15, -0.1) is 0 Å². The fourth-order valence-electron chi connectivity index (χ4n) is 1.47. The van der Waals surface area contributed by atoms with E-state index in [0.29, 0.717) is 13.2 Å². The molecule has 0 aliphatic carbocycles. The third-order valence-electron chi connectivity index (χ3n) is 2.35. The van der Waals surface area contributed by atoms with Gasteiger partial charge in [0.25, 0.3) is 0 Å². The van der Waals surface area contributed by atoms with E-state index in [2.05, 4.69) is 36.2 Å². The Morgan fingerprint density at radius 2 is 2.06 bits per heavy atom. The Balaban J connectivity index is 1.95. The van der Waals surface area contributed by atoms with Crippen molar-refractivity contribution in [1.29, 1.82) is 0 Å². The Bertz CT molecular complexity index is 335. The summed E-state index contributed by atoms with van der Waals surface area (Å²) in [5.41, 5.74) is 1.35. The van der Waals surface area contributed by atoms with Gasteiger partial charge in [-0.3, -0.25) is 0 Å². The van der Waals surface area contributed by atoms with Crippen molar-refractivity contribution in [1.82, 2.24) is 5.32 Å². The van der Waals surface area contributed by atoms with Crippen molar-refractivity contribution in [2.75, 3.05) is 19.7 Å². The minimum atomic E-state index is -0.365. The van der Waals surface area contributed by atoms with E-state index in [0.717, 1.165) is 19.4 Å². The van der Waals surface area contributed by atoms with Crippen molar-refractivity contribution < 1.29 is 9.53 Å². The number of aryl methyl sites for hydroxylation is 1. The fourth-order valence-corrected chi connectivity index (χ4v) is 1.47. The lowest BCUT2D eigenvalue weighted by atomic mass is 10.1. The Hall–Kier alpha value is -1.61. The molecule has 3 heteroatoms. The first-order chi connectivity index (χ1) is 8.33. The highest BCUT2D eigenvalue weighted by molar-refractivity contribution is 5.81. The number of carbonyl (C=O) groups is 1. The topological polar surface area (TPSA) is 38.3 Å². The molecule has 0 aromatic heterocycles. The van der Waals surface area contributed by atoms with Crippen LogP contribution in [0, 0.1) is 0 Å². The normalized spacial score (nSPS) is 9.88. The van der Waals surface area contributed by atoms with Crippen molar-refractivity contribution in [3.05, 3.63) is 48.6 Å². The summed E-state index contributed by atoms with van der Waals surface area (Å²) in [6.07, 6.45) is 3.33. The van der Waals surface area contributed by atoms with Gasteiger partial charge in [-0.1, -0.05) is 36.9 Å². The third kappa shape index (κ3) is 6.53. The maximum absolute atomic E-state index is 10.7. The first kappa shape index (κ1) is 13.5. The predicted molar refractivity (Wildman–Crippen MR) is 68.8 cm³/mol. The van der Waals surface area contributed by atoms with Crippen LogP contribution < -0.4 is 5.32 Å². The monoisotopic (exact) mass is 233 g/mol. The van der Waals surface area contributed by atoms with Crippen LogP contribution in [0.1, 0.15) is 12.0 Å². The minimum absolute atomic E-state index is 0.365. The van der Waals surface area contributed by atoms with Crippen LogP contribution in [-0.2, 0) is 16.0 Å². The molecule has 0 fully saturated rings. The summed E-state index contributed by atoms with van der Waals surface area (Å²) in [6.45, 7) is 5.35. The van der Waals surface area contributed by atoms with Gasteiger partial charge in [-0.25, -0.2) is 4.79 Å². The van der Waals surface area contributed by atoms with Crippen molar-refractivity contribution in [2.24, 2.45) is 0 Å². The molecule has 0 radical (unpaired) electrons. The van der Waals surface area contributed by atoms with Crippen LogP contribution in [0.5, 0.6) is 0 Å². The number of carbonyl (C=O) groups excluding carboxylic acids is 1. The molecule has 1 aromatic rings. The minimum Gasteiger partial charge on any atom is -0.461 e. The lowest BCUT2D eigenvalue weighted by molar-refractivity contribution is -0.137. The summed E-state index contributed by atoms with van der Waals surface area (Å²) in [7, 11) is 0. The van der Waals surface area contributed by atoms with Crippen molar-refractivity contribution in [3.63, 3.8) is 0 Å². The van der Waals surface area contributed by atoms with Crippen molar-refractivity contribution in [3.8, 4) is 0 Å². The van der Waals surface area contributed by atoms with E-state index in [4.69, 9.17) is 4.74 Å². The molecule has 1 rings (SSSR count). The van der Waals surface area contributed by atoms with Crippen LogP contribution in [-0.4, -0.2) is 25.7 Å². The Morgan fingerprint density at radius 3 is 2.76 bits per heavy atom. The van der Waals surface area contributed by atoms with Crippen molar-refractivity contribution in [2.45, 2.75) is 12.8 Å². The maximum atomic E-state index is 10.7. The average Bonchev–Trinajstić information content (AvgIpc) is 2.38. The highest BCUT2D eigenvalue weighted by Crippen LogP contribution is 2.01. The van der Waals surface area contributed by atoms with E-state index in [1.165, 1.54) is 11.6 Å². The molecule has 1 aromatic carbocycles. The van der Waals surface area contributed by atoms with Gasteiger partial charge in [-0.05, 0) is 24.9 Å². The SMILES string of the molecule is C=CC(=O)OCCNCCCc1ccccc1. The standard InChI is InChI=1S/C14H19NO2/c1-2-14(16)17-12-11-15-10-6-9-13-7-4-3-5-8-13/h2-5,7-8,15H,1,6,9-12H2. The summed E-state index contributed by atoms with van der Waals surface area (Å²) in [6, 6.07) is 10.4. The summed E-state index contributed by atoms with van der Waals surface area (Å²) in [5.74, 6) is -0.365. The van der Waals surface area contributed by atoms with Crippen LogP contribution in [0.15, 0.2) is 43.0 Å². The zero-order chi connectivity index (χ0) is 12.3. The third-order valence-corrected chi connectivity index (χ3v) is 2.35. The van der Waals surface area contributed by atoms with Gasteiger partial charge >= 0.3 is 5.97 Å². The molecule has 0 bridgehead atoms. The highest BCUT2D eigenvalue weighted by Gasteiger charge is 1.95. The van der Waals surface area contributed by atoms with E-state index in [1.807, 2.05) is 6.07 Å². The Kier molecular flexibility index (Phi) is 6.75. The molecule has 0 aliphatic heterocycles. The number of esters is 1. The van der Waals surface area contributed by atoms with Gasteiger partial charge in [0.15, 0.2) is 0 Å². The predicted octanol–water partition coefficient (Wildman–Crippen LogP) is 1.94. The lowest BCUT2D eigenvalue weighted by Gasteiger charge is -2.05. The van der Waals surface area contributed by atoms with Crippen LogP contribution >= 0.6 is 0 Å². The summed E-state index contributed by atoms with van der Waals surface area (Å²) in [5, 5.41) is 3.22. The van der Waals surface area contributed by atoms with E-state index in [9.17, 15) is 4.79 Å². The molecule has 17 heavy (non-hydrogen) atoms. The van der Waals surface area contributed by atoms with E-state index < -0.39 is 0 Å². The van der Waals surface area contributed by atoms with E-state index in [1.54, 1.807) is 0 Å². The average molecular weight is 233 g/mol. The molecule has 0 unspecified atom stereocenters. The van der Waals surface area contributed by atoms with Crippen LogP contribution in [0.4, 0.5) is 0 Å². The smallest absolute Gasteiger partial charge is 0.330 e. The fraction of sp³-hybridized carbons (Fsp3) is 0.357. The molecule has 92 valence electrons. The van der Waals surface area contributed by atoms with Gasteiger partial charge in [0.05, 0.1) is 0 Å². The van der Waals surface area contributed by atoms with Crippen LogP contribution in [0.2, 0.25) is 0 Å². The first-order valence-electron chi connectivity index (χ1n) is 5.87. The number of hydrogen-bond acceptors (Lipinski definition) is 3. The summed E-state index contributed by atoms with van der Waals surface area (Å²) >= 11 is 0. The number of benzene rings is 1. The summed E-state index contributed by atoms with van der Waals surface area (Å²) in [4.78, 5) is 10.7. The molecule has 0 saturated heterocycles. The molecule has 1 N–H and O–H groups in total. The van der Waals surface area contributed by atoms with E-state index >= 15 is 0 Å². The van der Waals surface area contributed by atoms with Crippen LogP contribution in [0.3, 0.4) is 0 Å². The zero-order valence-corrected chi connectivity index (χ0v) is 10.0. The van der Waals surface area contributed by atoms with Crippen molar-refractivity contribution >= 4 is 5.97 Å². The molecule has 0 heterocycles. The van der Waals surface area contributed by atoms with Gasteiger partial charge in [0.2, 0.25) is 0 Å². The molecule has 0 spiro atoms. The quantitative estimate of drug-likeness (QED) is 0.423. The summed E-state index contributed by atoms with van der Waals surface area (Å²) < 4.78 is 4.84. The molecular formula is C14H19NO2. The molecule has 0 aliphatic rings. The van der Waals surface area contributed by atoms with Gasteiger partial charge in [0.1, 0.15) is 6.61 Å². The van der Waals surface area contributed by atoms with Crippen LogP contribution in [0.25, 0.3) is 0 Å². The van der Waals surface area contributed by atoms with Gasteiger partial charge in [-0.2, -0.15) is 0 Å². The van der Waals surface area contributed by atoms with Gasteiger partial charge < -0.3 is 10.1 Å². The molecule has 0 atom stereocenters.